The Bertz CT molecular complexity index is 995. The van der Waals surface area contributed by atoms with Gasteiger partial charge in [0.2, 0.25) is 0 Å². The molecule has 0 saturated carbocycles. The van der Waals surface area contributed by atoms with E-state index in [0.717, 1.165) is 11.1 Å². The topological polar surface area (TPSA) is 82.4 Å². The van der Waals surface area contributed by atoms with Crippen LogP contribution in [-0.4, -0.2) is 29.8 Å². The number of benzene rings is 2. The van der Waals surface area contributed by atoms with Crippen LogP contribution in [0.5, 0.6) is 11.5 Å². The predicted molar refractivity (Wildman–Crippen MR) is 106 cm³/mol. The van der Waals surface area contributed by atoms with Gasteiger partial charge in [-0.25, -0.2) is 4.39 Å². The number of nitrogens with zero attached hydrogens (tertiary/aromatic N) is 2. The van der Waals surface area contributed by atoms with Crippen molar-refractivity contribution in [3.8, 4) is 17.6 Å². The molecule has 6 nitrogen and oxygen atoms in total. The fourth-order valence-corrected chi connectivity index (χ4v) is 3.37. The first kappa shape index (κ1) is 20.3. The van der Waals surface area contributed by atoms with Gasteiger partial charge in [0.15, 0.2) is 11.6 Å². The first-order valence-electron chi connectivity index (χ1n) is 9.27. The molecule has 0 bridgehead atoms. The number of nitriles is 1. The second-order valence-electron chi connectivity index (χ2n) is 7.64. The first-order chi connectivity index (χ1) is 13.7. The monoisotopic (exact) mass is 395 g/mol. The third-order valence-electron chi connectivity index (χ3n) is 4.86. The van der Waals surface area contributed by atoms with Gasteiger partial charge in [0, 0.05) is 13.1 Å². The number of anilines is 1. The summed E-state index contributed by atoms with van der Waals surface area (Å²) in [4.78, 5) is 26.2. The minimum atomic E-state index is -0.970. The van der Waals surface area contributed by atoms with E-state index in [1.165, 1.54) is 23.1 Å². The Hall–Kier alpha value is -3.40. The molecule has 3 rings (SSSR count). The number of carbonyl (C=O) groups excluding carboxylic acids is 2. The van der Waals surface area contributed by atoms with Crippen molar-refractivity contribution >= 4 is 17.5 Å². The van der Waals surface area contributed by atoms with Crippen LogP contribution in [0.15, 0.2) is 36.4 Å². The van der Waals surface area contributed by atoms with Crippen LogP contribution in [0.3, 0.4) is 0 Å². The zero-order chi connectivity index (χ0) is 21.2. The largest absolute Gasteiger partial charge is 0.455 e. The van der Waals surface area contributed by atoms with Gasteiger partial charge in [-0.05, 0) is 62.6 Å². The lowest BCUT2D eigenvalue weighted by Gasteiger charge is -2.18. The van der Waals surface area contributed by atoms with E-state index in [4.69, 9.17) is 4.74 Å². The SMILES string of the molecule is Cc1cc(C)cc(Oc2cccc(F)c2NC(=O)C(=O)N2CCC(C)(C#N)C2)c1. The maximum Gasteiger partial charge on any atom is 0.314 e. The van der Waals surface area contributed by atoms with Crippen molar-refractivity contribution < 1.29 is 18.7 Å². The van der Waals surface area contributed by atoms with Crippen molar-refractivity contribution in [1.82, 2.24) is 4.90 Å². The molecule has 0 radical (unpaired) electrons. The summed E-state index contributed by atoms with van der Waals surface area (Å²) in [5, 5.41) is 11.5. The van der Waals surface area contributed by atoms with Gasteiger partial charge in [0.05, 0.1) is 11.5 Å². The Kier molecular flexibility index (Phi) is 5.55. The second kappa shape index (κ2) is 7.92. The maximum atomic E-state index is 14.4. The van der Waals surface area contributed by atoms with Crippen molar-refractivity contribution in [3.05, 3.63) is 53.3 Å². The molecule has 29 heavy (non-hydrogen) atoms. The molecule has 1 fully saturated rings. The van der Waals surface area contributed by atoms with Crippen LogP contribution in [0.2, 0.25) is 0 Å². The number of carbonyl (C=O) groups is 2. The Morgan fingerprint density at radius 1 is 1.24 bits per heavy atom. The van der Waals surface area contributed by atoms with Crippen LogP contribution in [-0.2, 0) is 9.59 Å². The lowest BCUT2D eigenvalue weighted by atomic mass is 9.92. The van der Waals surface area contributed by atoms with E-state index in [1.54, 1.807) is 19.1 Å². The fraction of sp³-hybridized carbons (Fsp3) is 0.318. The van der Waals surface area contributed by atoms with Gasteiger partial charge in [-0.2, -0.15) is 5.26 Å². The van der Waals surface area contributed by atoms with Crippen LogP contribution in [0, 0.1) is 36.4 Å². The summed E-state index contributed by atoms with van der Waals surface area (Å²) in [6.45, 7) is 6.04. The number of halogens is 1. The normalized spacial score (nSPS) is 18.2. The molecule has 150 valence electrons. The number of para-hydroxylation sites is 1. The average molecular weight is 395 g/mol. The standard InChI is InChI=1S/C22H22FN3O3/c1-14-9-15(2)11-16(10-14)29-18-6-4-5-17(23)19(18)25-20(27)21(28)26-8-7-22(3,12-24)13-26/h4-6,9-11H,7-8,13H2,1-3H3,(H,25,27). The highest BCUT2D eigenvalue weighted by molar-refractivity contribution is 6.39. The average Bonchev–Trinajstić information content (AvgIpc) is 3.06. The highest BCUT2D eigenvalue weighted by Crippen LogP contribution is 2.33. The molecule has 1 aliphatic heterocycles. The van der Waals surface area contributed by atoms with Gasteiger partial charge < -0.3 is 15.0 Å². The van der Waals surface area contributed by atoms with Crippen LogP contribution >= 0.6 is 0 Å². The molecule has 0 spiro atoms. The van der Waals surface area contributed by atoms with E-state index in [1.807, 2.05) is 19.9 Å². The van der Waals surface area contributed by atoms with E-state index >= 15 is 0 Å². The summed E-state index contributed by atoms with van der Waals surface area (Å²) in [5.74, 6) is -1.89. The van der Waals surface area contributed by atoms with E-state index in [0.29, 0.717) is 18.7 Å². The van der Waals surface area contributed by atoms with Gasteiger partial charge in [-0.3, -0.25) is 9.59 Å². The zero-order valence-electron chi connectivity index (χ0n) is 16.6. The number of ether oxygens (including phenoxy) is 1. The van der Waals surface area contributed by atoms with E-state index in [-0.39, 0.29) is 18.0 Å². The van der Waals surface area contributed by atoms with Crippen LogP contribution in [0.25, 0.3) is 0 Å². The first-order valence-corrected chi connectivity index (χ1v) is 9.27. The lowest BCUT2D eigenvalue weighted by molar-refractivity contribution is -0.142. The van der Waals surface area contributed by atoms with E-state index < -0.39 is 23.0 Å². The molecule has 1 heterocycles. The van der Waals surface area contributed by atoms with Gasteiger partial charge in [-0.15, -0.1) is 0 Å². The number of nitrogens with one attached hydrogen (secondary N) is 1. The number of likely N-dealkylation sites (tertiary alicyclic amines) is 1. The van der Waals surface area contributed by atoms with Crippen molar-refractivity contribution in [2.24, 2.45) is 5.41 Å². The van der Waals surface area contributed by atoms with Crippen LogP contribution < -0.4 is 10.1 Å². The molecule has 2 aromatic rings. The summed E-state index contributed by atoms with van der Waals surface area (Å²) in [6, 6.07) is 11.9. The maximum absolute atomic E-state index is 14.4. The van der Waals surface area contributed by atoms with Crippen molar-refractivity contribution in [2.45, 2.75) is 27.2 Å². The van der Waals surface area contributed by atoms with Crippen LogP contribution in [0.4, 0.5) is 10.1 Å². The molecule has 1 N–H and O–H groups in total. The molecule has 1 saturated heterocycles. The molecule has 1 aliphatic rings. The fourth-order valence-electron chi connectivity index (χ4n) is 3.37. The number of aryl methyl sites for hydroxylation is 2. The predicted octanol–water partition coefficient (Wildman–Crippen LogP) is 3.94. The van der Waals surface area contributed by atoms with Gasteiger partial charge in [0.1, 0.15) is 11.4 Å². The number of amides is 2. The third-order valence-corrected chi connectivity index (χ3v) is 4.86. The van der Waals surface area contributed by atoms with Gasteiger partial charge in [-0.1, -0.05) is 12.1 Å². The smallest absolute Gasteiger partial charge is 0.314 e. The van der Waals surface area contributed by atoms with Gasteiger partial charge in [0.25, 0.3) is 0 Å². The molecular weight excluding hydrogens is 373 g/mol. The molecule has 0 aromatic heterocycles. The molecular formula is C22H22FN3O3. The van der Waals surface area contributed by atoms with E-state index in [9.17, 15) is 19.2 Å². The highest BCUT2D eigenvalue weighted by atomic mass is 19.1. The second-order valence-corrected chi connectivity index (χ2v) is 7.64. The molecule has 2 aromatic carbocycles. The summed E-state index contributed by atoms with van der Waals surface area (Å²) >= 11 is 0. The molecule has 1 atom stereocenters. The summed E-state index contributed by atoms with van der Waals surface area (Å²) in [6.07, 6.45) is 0.489. The Balaban J connectivity index is 1.79. The number of hydrogen-bond donors (Lipinski definition) is 1. The van der Waals surface area contributed by atoms with Crippen molar-refractivity contribution in [1.29, 1.82) is 5.26 Å². The molecule has 1 unspecified atom stereocenters. The minimum absolute atomic E-state index is 0.0967. The Morgan fingerprint density at radius 2 is 1.93 bits per heavy atom. The molecule has 7 heteroatoms. The third kappa shape index (κ3) is 4.54. The Labute approximate surface area is 168 Å². The summed E-state index contributed by atoms with van der Waals surface area (Å²) in [7, 11) is 0. The summed E-state index contributed by atoms with van der Waals surface area (Å²) < 4.78 is 20.2. The highest BCUT2D eigenvalue weighted by Gasteiger charge is 2.38. The number of hydrogen-bond acceptors (Lipinski definition) is 4. The number of rotatable bonds is 3. The molecule has 2 amide bonds. The van der Waals surface area contributed by atoms with Crippen molar-refractivity contribution in [3.63, 3.8) is 0 Å². The summed E-state index contributed by atoms with van der Waals surface area (Å²) in [5.41, 5.74) is 1.08. The lowest BCUT2D eigenvalue weighted by Crippen LogP contribution is -2.39. The van der Waals surface area contributed by atoms with Crippen LogP contribution in [0.1, 0.15) is 24.5 Å². The minimum Gasteiger partial charge on any atom is -0.455 e. The molecule has 0 aliphatic carbocycles. The zero-order valence-corrected chi connectivity index (χ0v) is 16.6. The van der Waals surface area contributed by atoms with Crippen molar-refractivity contribution in [2.75, 3.05) is 18.4 Å². The van der Waals surface area contributed by atoms with Gasteiger partial charge >= 0.3 is 11.8 Å². The Morgan fingerprint density at radius 3 is 2.55 bits per heavy atom. The van der Waals surface area contributed by atoms with E-state index in [2.05, 4.69) is 11.4 Å². The quantitative estimate of drug-likeness (QED) is 0.798.